The van der Waals surface area contributed by atoms with Crippen LogP contribution in [0.25, 0.3) is 28.2 Å². The van der Waals surface area contributed by atoms with Gasteiger partial charge in [0, 0.05) is 33.2 Å². The van der Waals surface area contributed by atoms with Crippen LogP contribution >= 0.6 is 0 Å². The number of aryl methyl sites for hydroxylation is 1. The number of hydrogen-bond acceptors (Lipinski definition) is 2. The molecule has 0 spiro atoms. The molecule has 0 N–H and O–H groups in total. The minimum atomic E-state index is 0.0121. The molecule has 1 aliphatic heterocycles. The fourth-order valence-corrected chi connectivity index (χ4v) is 4.17. The summed E-state index contributed by atoms with van der Waals surface area (Å²) >= 11 is 0. The highest BCUT2D eigenvalue weighted by Gasteiger charge is 2.25. The van der Waals surface area contributed by atoms with Gasteiger partial charge in [0.15, 0.2) is 12.1 Å². The van der Waals surface area contributed by atoms with Gasteiger partial charge in [0.1, 0.15) is 0 Å². The quantitative estimate of drug-likeness (QED) is 0.339. The molecule has 0 saturated carbocycles. The van der Waals surface area contributed by atoms with Gasteiger partial charge in [-0.2, -0.15) is 0 Å². The second-order valence-corrected chi connectivity index (χ2v) is 7.44. The molecule has 3 aromatic carbocycles. The number of nitrogens with zero attached hydrogens (tertiary/aromatic N) is 1. The molecule has 0 radical (unpaired) electrons. The maximum atomic E-state index is 13.3. The minimum Gasteiger partial charge on any atom is -0.335 e. The summed E-state index contributed by atoms with van der Waals surface area (Å²) < 4.78 is 2.10. The van der Waals surface area contributed by atoms with Gasteiger partial charge in [-0.15, -0.1) is 0 Å². The lowest BCUT2D eigenvalue weighted by Crippen LogP contribution is -2.10. The number of carbonyl (C=O) groups excluding carboxylic acids is 2. The number of aromatic nitrogens is 1. The normalized spacial score (nSPS) is 12.7. The fraction of sp³-hybridized carbons (Fsp3) is 0.0769. The van der Waals surface area contributed by atoms with Crippen molar-refractivity contribution in [3.8, 4) is 11.3 Å². The van der Waals surface area contributed by atoms with Gasteiger partial charge in [-0.3, -0.25) is 9.59 Å². The van der Waals surface area contributed by atoms with Crippen LogP contribution in [0.15, 0.2) is 78.4 Å². The van der Waals surface area contributed by atoms with E-state index in [0.717, 1.165) is 39.6 Å². The van der Waals surface area contributed by atoms with Crippen molar-refractivity contribution in [2.45, 2.75) is 13.5 Å². The molecule has 140 valence electrons. The van der Waals surface area contributed by atoms with E-state index in [1.807, 2.05) is 85.8 Å². The van der Waals surface area contributed by atoms with E-state index >= 15 is 0 Å². The van der Waals surface area contributed by atoms with Crippen LogP contribution in [-0.2, 0) is 6.54 Å². The molecule has 5 rings (SSSR count). The Morgan fingerprint density at radius 2 is 1.66 bits per heavy atom. The SMILES string of the molecule is Cc1ccc(C(=O)C2=Cc3ccccc3-c3c(C=O)c4ccccc4n3C2)cc1. The van der Waals surface area contributed by atoms with E-state index in [2.05, 4.69) is 4.57 Å². The monoisotopic (exact) mass is 377 g/mol. The molecule has 2 heterocycles. The summed E-state index contributed by atoms with van der Waals surface area (Å²) in [5.74, 6) is 0.0121. The predicted molar refractivity (Wildman–Crippen MR) is 116 cm³/mol. The first-order chi connectivity index (χ1) is 14.2. The smallest absolute Gasteiger partial charge is 0.190 e. The van der Waals surface area contributed by atoms with Crippen molar-refractivity contribution in [2.75, 3.05) is 0 Å². The second kappa shape index (κ2) is 6.71. The molecule has 0 fully saturated rings. The first-order valence-corrected chi connectivity index (χ1v) is 9.65. The molecule has 4 aromatic rings. The Morgan fingerprint density at radius 3 is 2.45 bits per heavy atom. The summed E-state index contributed by atoms with van der Waals surface area (Å²) in [6.07, 6.45) is 2.89. The Morgan fingerprint density at radius 1 is 0.931 bits per heavy atom. The number of carbonyl (C=O) groups is 2. The molecule has 0 atom stereocenters. The van der Waals surface area contributed by atoms with E-state index in [-0.39, 0.29) is 5.78 Å². The number of Topliss-reactive ketones (excluding diaryl/α,β-unsaturated/α-hetero) is 1. The molecule has 3 heteroatoms. The van der Waals surface area contributed by atoms with E-state index in [0.29, 0.717) is 23.2 Å². The van der Waals surface area contributed by atoms with Crippen molar-refractivity contribution in [2.24, 2.45) is 0 Å². The molecule has 1 aromatic heterocycles. The van der Waals surface area contributed by atoms with Crippen LogP contribution in [0.1, 0.15) is 31.8 Å². The number of para-hydroxylation sites is 1. The third-order valence-corrected chi connectivity index (χ3v) is 5.61. The third kappa shape index (κ3) is 2.74. The lowest BCUT2D eigenvalue weighted by Gasteiger charge is -2.11. The first-order valence-electron chi connectivity index (χ1n) is 9.65. The molecule has 29 heavy (non-hydrogen) atoms. The highest BCUT2D eigenvalue weighted by Crippen LogP contribution is 2.38. The summed E-state index contributed by atoms with van der Waals surface area (Å²) in [7, 11) is 0. The number of ketones is 1. The molecule has 0 unspecified atom stereocenters. The van der Waals surface area contributed by atoms with Gasteiger partial charge < -0.3 is 4.57 Å². The lowest BCUT2D eigenvalue weighted by molar-refractivity contribution is 0.103. The Kier molecular flexibility index (Phi) is 4.02. The molecule has 0 saturated heterocycles. The van der Waals surface area contributed by atoms with Crippen molar-refractivity contribution in [3.63, 3.8) is 0 Å². The largest absolute Gasteiger partial charge is 0.335 e. The summed E-state index contributed by atoms with van der Waals surface area (Å²) in [5.41, 5.74) is 6.93. The summed E-state index contributed by atoms with van der Waals surface area (Å²) in [5, 5.41) is 0.913. The molecule has 0 amide bonds. The predicted octanol–water partition coefficient (Wildman–Crippen LogP) is 5.71. The van der Waals surface area contributed by atoms with Crippen molar-refractivity contribution >= 4 is 29.0 Å². The molecule has 1 aliphatic rings. The van der Waals surface area contributed by atoms with Gasteiger partial charge in [-0.25, -0.2) is 0 Å². The molecule has 0 bridgehead atoms. The maximum absolute atomic E-state index is 13.3. The van der Waals surface area contributed by atoms with Crippen LogP contribution in [-0.4, -0.2) is 16.6 Å². The minimum absolute atomic E-state index is 0.0121. The summed E-state index contributed by atoms with van der Waals surface area (Å²) in [6, 6.07) is 23.5. The zero-order valence-electron chi connectivity index (χ0n) is 16.1. The number of fused-ring (bicyclic) bond motifs is 5. The molecule has 0 aliphatic carbocycles. The van der Waals surface area contributed by atoms with Gasteiger partial charge in [0.05, 0.1) is 12.2 Å². The summed E-state index contributed by atoms with van der Waals surface area (Å²) in [6.45, 7) is 2.43. The zero-order chi connectivity index (χ0) is 20.0. The Bertz CT molecular complexity index is 1310. The van der Waals surface area contributed by atoms with E-state index in [4.69, 9.17) is 0 Å². The van der Waals surface area contributed by atoms with Crippen LogP contribution in [0.2, 0.25) is 0 Å². The van der Waals surface area contributed by atoms with Gasteiger partial charge >= 0.3 is 0 Å². The van der Waals surface area contributed by atoms with Gasteiger partial charge in [-0.05, 0) is 24.6 Å². The molecular weight excluding hydrogens is 358 g/mol. The van der Waals surface area contributed by atoms with Crippen molar-refractivity contribution in [1.29, 1.82) is 0 Å². The zero-order valence-corrected chi connectivity index (χ0v) is 16.1. The van der Waals surface area contributed by atoms with Crippen LogP contribution in [0.3, 0.4) is 0 Å². The average molecular weight is 377 g/mol. The van der Waals surface area contributed by atoms with Crippen molar-refractivity contribution in [3.05, 3.63) is 101 Å². The van der Waals surface area contributed by atoms with Gasteiger partial charge in [-0.1, -0.05) is 72.3 Å². The van der Waals surface area contributed by atoms with E-state index in [1.165, 1.54) is 0 Å². The fourth-order valence-electron chi connectivity index (χ4n) is 4.17. The van der Waals surface area contributed by atoms with Crippen molar-refractivity contribution in [1.82, 2.24) is 4.57 Å². The third-order valence-electron chi connectivity index (χ3n) is 5.61. The number of rotatable bonds is 3. The van der Waals surface area contributed by atoms with E-state index in [1.54, 1.807) is 0 Å². The standard InChI is InChI=1S/C26H19NO2/c1-17-10-12-18(13-11-17)26(29)20-14-19-6-2-3-7-21(19)25-23(16-28)22-8-4-5-9-24(22)27(25)15-20/h2-14,16H,15H2,1H3. The van der Waals surface area contributed by atoms with Gasteiger partial charge in [0.2, 0.25) is 0 Å². The van der Waals surface area contributed by atoms with Crippen LogP contribution in [0, 0.1) is 6.92 Å². The second-order valence-electron chi connectivity index (χ2n) is 7.44. The van der Waals surface area contributed by atoms with E-state index in [9.17, 15) is 9.59 Å². The van der Waals surface area contributed by atoms with Crippen molar-refractivity contribution < 1.29 is 9.59 Å². The number of hydrogen-bond donors (Lipinski definition) is 0. The number of benzene rings is 3. The molecule has 3 nitrogen and oxygen atoms in total. The van der Waals surface area contributed by atoms with Crippen LogP contribution in [0.4, 0.5) is 0 Å². The lowest BCUT2D eigenvalue weighted by atomic mass is 9.97. The highest BCUT2D eigenvalue weighted by atomic mass is 16.1. The average Bonchev–Trinajstić information content (AvgIpc) is 2.96. The number of allylic oxidation sites excluding steroid dienone is 1. The van der Waals surface area contributed by atoms with Crippen LogP contribution < -0.4 is 0 Å². The van der Waals surface area contributed by atoms with Crippen LogP contribution in [0.5, 0.6) is 0 Å². The van der Waals surface area contributed by atoms with Gasteiger partial charge in [0.25, 0.3) is 0 Å². The Labute approximate surface area is 168 Å². The Hall–Kier alpha value is -3.72. The number of aldehydes is 1. The summed E-state index contributed by atoms with van der Waals surface area (Å²) in [4.78, 5) is 25.4. The first kappa shape index (κ1) is 17.4. The maximum Gasteiger partial charge on any atom is 0.190 e. The topological polar surface area (TPSA) is 39.1 Å². The Balaban J connectivity index is 1.77. The highest BCUT2D eigenvalue weighted by molar-refractivity contribution is 6.13. The van der Waals surface area contributed by atoms with E-state index < -0.39 is 0 Å². The molecular formula is C26H19NO2.